The average Bonchev–Trinajstić information content (AvgIpc) is 2.14. The molecule has 0 heterocycles. The van der Waals surface area contributed by atoms with E-state index in [-0.39, 0.29) is 0 Å². The van der Waals surface area contributed by atoms with Crippen molar-refractivity contribution in [3.63, 3.8) is 0 Å². The fourth-order valence-corrected chi connectivity index (χ4v) is 1.44. The lowest BCUT2D eigenvalue weighted by molar-refractivity contribution is 0.226. The van der Waals surface area contributed by atoms with Crippen molar-refractivity contribution in [3.8, 4) is 0 Å². The van der Waals surface area contributed by atoms with Gasteiger partial charge in [-0.25, -0.2) is 0 Å². The number of rotatable bonds is 9. The first-order valence-electron chi connectivity index (χ1n) is 4.74. The van der Waals surface area contributed by atoms with Crippen LogP contribution >= 0.6 is 8.25 Å². The molecule has 0 radical (unpaired) electrons. The van der Waals surface area contributed by atoms with Gasteiger partial charge in [0.2, 0.25) is 0 Å². The molecule has 0 aliphatic rings. The zero-order valence-electron chi connectivity index (χ0n) is 8.20. The van der Waals surface area contributed by atoms with Crippen molar-refractivity contribution in [2.75, 3.05) is 19.8 Å². The molecule has 0 saturated heterocycles. The molecule has 4 nitrogen and oxygen atoms in total. The third kappa shape index (κ3) is 9.90. The largest absolute Gasteiger partial charge is 0.697 e. The van der Waals surface area contributed by atoms with Gasteiger partial charge in [0.1, 0.15) is 13.2 Å². The molecule has 0 aliphatic carbocycles. The molecular formula is C8H19NO3P+. The topological polar surface area (TPSA) is 61.5 Å². The van der Waals surface area contributed by atoms with E-state index in [0.29, 0.717) is 19.8 Å². The zero-order chi connectivity index (χ0) is 9.94. The van der Waals surface area contributed by atoms with E-state index in [2.05, 4.69) is 6.92 Å². The summed E-state index contributed by atoms with van der Waals surface area (Å²) >= 11 is 0. The van der Waals surface area contributed by atoms with Crippen LogP contribution in [-0.4, -0.2) is 19.8 Å². The number of hydrogen-bond donors (Lipinski definition) is 1. The smallest absolute Gasteiger partial charge is 0.328 e. The monoisotopic (exact) mass is 208 g/mol. The normalized spacial score (nSPS) is 11.7. The molecule has 0 fully saturated rings. The minimum atomic E-state index is -1.94. The van der Waals surface area contributed by atoms with Crippen LogP contribution in [0.15, 0.2) is 0 Å². The quantitative estimate of drug-likeness (QED) is 0.466. The Balaban J connectivity index is 3.08. The van der Waals surface area contributed by atoms with Crippen molar-refractivity contribution in [1.29, 1.82) is 0 Å². The molecule has 1 unspecified atom stereocenters. The summed E-state index contributed by atoms with van der Waals surface area (Å²) < 4.78 is 20.6. The molecule has 0 aliphatic heterocycles. The fourth-order valence-electron chi connectivity index (χ4n) is 0.832. The van der Waals surface area contributed by atoms with E-state index in [1.165, 1.54) is 12.8 Å². The Morgan fingerprint density at radius 2 is 1.85 bits per heavy atom. The van der Waals surface area contributed by atoms with Crippen LogP contribution in [0.5, 0.6) is 0 Å². The number of unbranched alkanes of at least 4 members (excludes halogenated alkanes) is 3. The van der Waals surface area contributed by atoms with Gasteiger partial charge in [0.25, 0.3) is 0 Å². The van der Waals surface area contributed by atoms with Gasteiger partial charge in [0, 0.05) is 11.1 Å². The minimum Gasteiger partial charge on any atom is -0.328 e. The summed E-state index contributed by atoms with van der Waals surface area (Å²) in [4.78, 5) is 0. The summed E-state index contributed by atoms with van der Waals surface area (Å²) in [6.07, 6.45) is 4.46. The summed E-state index contributed by atoms with van der Waals surface area (Å²) in [7, 11) is -1.94. The Morgan fingerprint density at radius 1 is 1.15 bits per heavy atom. The second-order valence-corrected chi connectivity index (χ2v) is 3.70. The highest BCUT2D eigenvalue weighted by Crippen LogP contribution is 2.23. The van der Waals surface area contributed by atoms with E-state index in [4.69, 9.17) is 14.8 Å². The van der Waals surface area contributed by atoms with E-state index in [9.17, 15) is 4.57 Å². The van der Waals surface area contributed by atoms with Gasteiger partial charge in [-0.3, -0.25) is 0 Å². The van der Waals surface area contributed by atoms with Crippen LogP contribution in [0.25, 0.3) is 0 Å². The summed E-state index contributed by atoms with van der Waals surface area (Å²) in [6, 6.07) is 0. The molecule has 0 amide bonds. The maximum atomic E-state index is 10.9. The Labute approximate surface area is 80.7 Å². The predicted octanol–water partition coefficient (Wildman–Crippen LogP) is 2.22. The van der Waals surface area contributed by atoms with Crippen molar-refractivity contribution in [2.24, 2.45) is 5.73 Å². The maximum Gasteiger partial charge on any atom is 0.697 e. The SMILES string of the molecule is CCCCCCO[P+](=O)OCCN. The van der Waals surface area contributed by atoms with Gasteiger partial charge in [-0.15, -0.1) is 9.05 Å². The first-order valence-corrected chi connectivity index (χ1v) is 5.84. The molecule has 0 aromatic heterocycles. The maximum absolute atomic E-state index is 10.9. The Morgan fingerprint density at radius 3 is 2.46 bits per heavy atom. The van der Waals surface area contributed by atoms with E-state index in [1.54, 1.807) is 0 Å². The van der Waals surface area contributed by atoms with Crippen molar-refractivity contribution >= 4 is 8.25 Å². The molecule has 0 bridgehead atoms. The Bertz CT molecular complexity index is 133. The van der Waals surface area contributed by atoms with Gasteiger partial charge in [0.15, 0.2) is 0 Å². The third-order valence-corrected chi connectivity index (χ3v) is 2.30. The highest BCUT2D eigenvalue weighted by atomic mass is 31.1. The summed E-state index contributed by atoms with van der Waals surface area (Å²) in [6.45, 7) is 3.33. The van der Waals surface area contributed by atoms with E-state index in [0.717, 1.165) is 12.8 Å². The lowest BCUT2D eigenvalue weighted by Crippen LogP contribution is -2.05. The van der Waals surface area contributed by atoms with Gasteiger partial charge in [-0.1, -0.05) is 26.2 Å². The van der Waals surface area contributed by atoms with Crippen molar-refractivity contribution in [2.45, 2.75) is 32.6 Å². The fraction of sp³-hybridized carbons (Fsp3) is 1.00. The molecule has 2 N–H and O–H groups in total. The molecule has 0 saturated carbocycles. The second kappa shape index (κ2) is 10.1. The van der Waals surface area contributed by atoms with Gasteiger partial charge in [0.05, 0.1) is 0 Å². The molecule has 1 atom stereocenters. The van der Waals surface area contributed by atoms with Crippen molar-refractivity contribution in [3.05, 3.63) is 0 Å². The van der Waals surface area contributed by atoms with Crippen LogP contribution in [0, 0.1) is 0 Å². The minimum absolute atomic E-state index is 0.296. The van der Waals surface area contributed by atoms with Crippen LogP contribution in [-0.2, 0) is 13.6 Å². The summed E-state index contributed by atoms with van der Waals surface area (Å²) in [5.41, 5.74) is 5.16. The van der Waals surface area contributed by atoms with Crippen LogP contribution in [0.2, 0.25) is 0 Å². The van der Waals surface area contributed by atoms with Gasteiger partial charge < -0.3 is 5.73 Å². The zero-order valence-corrected chi connectivity index (χ0v) is 9.09. The van der Waals surface area contributed by atoms with E-state index >= 15 is 0 Å². The molecule has 5 heteroatoms. The lowest BCUT2D eigenvalue weighted by atomic mass is 10.2. The predicted molar refractivity (Wildman–Crippen MR) is 52.7 cm³/mol. The van der Waals surface area contributed by atoms with Crippen molar-refractivity contribution < 1.29 is 13.6 Å². The van der Waals surface area contributed by atoms with Crippen LogP contribution < -0.4 is 5.73 Å². The summed E-state index contributed by atoms with van der Waals surface area (Å²) in [5.74, 6) is 0. The Kier molecular flexibility index (Phi) is 10.0. The highest BCUT2D eigenvalue weighted by molar-refractivity contribution is 7.33. The molecule has 0 aromatic rings. The van der Waals surface area contributed by atoms with E-state index < -0.39 is 8.25 Å². The van der Waals surface area contributed by atoms with Crippen LogP contribution in [0.4, 0.5) is 0 Å². The summed E-state index contributed by atoms with van der Waals surface area (Å²) in [5, 5.41) is 0. The average molecular weight is 208 g/mol. The van der Waals surface area contributed by atoms with Gasteiger partial charge in [-0.05, 0) is 6.42 Å². The molecule has 0 spiro atoms. The van der Waals surface area contributed by atoms with Crippen LogP contribution in [0.3, 0.4) is 0 Å². The second-order valence-electron chi connectivity index (χ2n) is 2.74. The number of hydrogen-bond acceptors (Lipinski definition) is 4. The number of nitrogens with two attached hydrogens (primary N) is 1. The van der Waals surface area contributed by atoms with E-state index in [1.807, 2.05) is 0 Å². The lowest BCUT2D eigenvalue weighted by Gasteiger charge is -1.93. The van der Waals surface area contributed by atoms with Crippen LogP contribution in [0.1, 0.15) is 32.6 Å². The van der Waals surface area contributed by atoms with Gasteiger partial charge in [-0.2, -0.15) is 0 Å². The van der Waals surface area contributed by atoms with Crippen molar-refractivity contribution in [1.82, 2.24) is 0 Å². The molecule has 13 heavy (non-hydrogen) atoms. The standard InChI is InChI=1S/C8H19NO3P/c1-2-3-4-5-7-11-13(10)12-8-6-9/h2-9H2,1H3/q+1. The first kappa shape index (κ1) is 13.0. The van der Waals surface area contributed by atoms with Gasteiger partial charge >= 0.3 is 8.25 Å². The third-order valence-electron chi connectivity index (χ3n) is 1.51. The molecule has 78 valence electrons. The molecular weight excluding hydrogens is 189 g/mol. The Hall–Kier alpha value is -0.0200. The highest BCUT2D eigenvalue weighted by Gasteiger charge is 2.18. The first-order chi connectivity index (χ1) is 6.31. The molecule has 0 rings (SSSR count). The molecule has 0 aromatic carbocycles.